The topological polar surface area (TPSA) is 24.9 Å². The predicted octanol–water partition coefficient (Wildman–Crippen LogP) is 2.93. The second-order valence-corrected chi connectivity index (χ2v) is 4.82. The van der Waals surface area contributed by atoms with Gasteiger partial charge in [-0.05, 0) is 44.3 Å². The molecule has 0 spiro atoms. The second-order valence-electron chi connectivity index (χ2n) is 3.98. The van der Waals surface area contributed by atoms with E-state index in [9.17, 15) is 0 Å². The van der Waals surface area contributed by atoms with Crippen LogP contribution >= 0.6 is 23.2 Å². The molecule has 0 atom stereocenters. The maximum Gasteiger partial charge on any atom is 0.0636 e. The summed E-state index contributed by atoms with van der Waals surface area (Å²) in [5.74, 6) is 0.706. The van der Waals surface area contributed by atoms with E-state index >= 15 is 0 Å². The summed E-state index contributed by atoms with van der Waals surface area (Å²) in [6, 6.07) is 1.77. The highest BCUT2D eigenvalue weighted by molar-refractivity contribution is 6.34. The van der Waals surface area contributed by atoms with Gasteiger partial charge in [-0.25, -0.2) is 0 Å². The van der Waals surface area contributed by atoms with Crippen LogP contribution in [0.5, 0.6) is 0 Å². The fourth-order valence-electron chi connectivity index (χ4n) is 1.95. The Bertz CT molecular complexity index is 335. The SMILES string of the molecule is Clc1cnc(CC2CCNCC2)c(Cl)c1. The van der Waals surface area contributed by atoms with Crippen molar-refractivity contribution in [1.29, 1.82) is 0 Å². The third-order valence-corrected chi connectivity index (χ3v) is 3.36. The van der Waals surface area contributed by atoms with E-state index in [1.54, 1.807) is 12.3 Å². The minimum atomic E-state index is 0.606. The Hall–Kier alpha value is -0.310. The molecule has 2 rings (SSSR count). The molecule has 1 N–H and O–H groups in total. The highest BCUT2D eigenvalue weighted by Crippen LogP contribution is 2.24. The first-order chi connectivity index (χ1) is 7.25. The molecular weight excluding hydrogens is 231 g/mol. The van der Waals surface area contributed by atoms with Crippen LogP contribution in [-0.4, -0.2) is 18.1 Å². The summed E-state index contributed by atoms with van der Waals surface area (Å²) in [5.41, 5.74) is 0.980. The smallest absolute Gasteiger partial charge is 0.0636 e. The van der Waals surface area contributed by atoms with Crippen LogP contribution in [0.15, 0.2) is 12.3 Å². The van der Waals surface area contributed by atoms with Crippen LogP contribution in [0.1, 0.15) is 18.5 Å². The molecule has 1 aliphatic heterocycles. The summed E-state index contributed by atoms with van der Waals surface area (Å²) in [4.78, 5) is 4.29. The van der Waals surface area contributed by atoms with Gasteiger partial charge in [0.15, 0.2) is 0 Å². The molecule has 82 valence electrons. The van der Waals surface area contributed by atoms with Gasteiger partial charge in [-0.3, -0.25) is 4.98 Å². The average Bonchev–Trinajstić information content (AvgIpc) is 2.24. The van der Waals surface area contributed by atoms with Crippen LogP contribution < -0.4 is 5.32 Å². The van der Waals surface area contributed by atoms with Crippen LogP contribution in [0.3, 0.4) is 0 Å². The van der Waals surface area contributed by atoms with E-state index in [-0.39, 0.29) is 0 Å². The van der Waals surface area contributed by atoms with Crippen LogP contribution in [0.2, 0.25) is 10.0 Å². The van der Waals surface area contributed by atoms with E-state index in [0.717, 1.165) is 25.2 Å². The van der Waals surface area contributed by atoms with E-state index in [1.807, 2.05) is 0 Å². The van der Waals surface area contributed by atoms with Gasteiger partial charge in [-0.15, -0.1) is 0 Å². The van der Waals surface area contributed by atoms with Gasteiger partial charge in [0.1, 0.15) is 0 Å². The molecule has 1 saturated heterocycles. The van der Waals surface area contributed by atoms with E-state index in [1.165, 1.54) is 12.8 Å². The van der Waals surface area contributed by atoms with E-state index in [4.69, 9.17) is 23.2 Å². The Morgan fingerprint density at radius 2 is 2.07 bits per heavy atom. The molecule has 0 radical (unpaired) electrons. The number of aromatic nitrogens is 1. The van der Waals surface area contributed by atoms with Crippen LogP contribution in [0, 0.1) is 5.92 Å². The molecule has 1 aliphatic rings. The van der Waals surface area contributed by atoms with Crippen molar-refractivity contribution in [2.45, 2.75) is 19.3 Å². The number of nitrogens with one attached hydrogen (secondary N) is 1. The largest absolute Gasteiger partial charge is 0.317 e. The highest BCUT2D eigenvalue weighted by Gasteiger charge is 2.15. The summed E-state index contributed by atoms with van der Waals surface area (Å²) in [7, 11) is 0. The van der Waals surface area contributed by atoms with Crippen LogP contribution in [0.25, 0.3) is 0 Å². The average molecular weight is 245 g/mol. The van der Waals surface area contributed by atoms with Gasteiger partial charge in [0.25, 0.3) is 0 Å². The Morgan fingerprint density at radius 1 is 1.33 bits per heavy atom. The third kappa shape index (κ3) is 3.07. The molecule has 1 aromatic heterocycles. The molecule has 0 bridgehead atoms. The molecular formula is C11H14Cl2N2. The van der Waals surface area contributed by atoms with Crippen molar-refractivity contribution in [3.05, 3.63) is 28.0 Å². The Morgan fingerprint density at radius 3 is 2.73 bits per heavy atom. The van der Waals surface area contributed by atoms with Crippen LogP contribution in [-0.2, 0) is 6.42 Å². The van der Waals surface area contributed by atoms with Crippen molar-refractivity contribution < 1.29 is 0 Å². The molecule has 0 aromatic carbocycles. The molecule has 1 aromatic rings. The predicted molar refractivity (Wildman–Crippen MR) is 63.6 cm³/mol. The number of piperidine rings is 1. The number of nitrogens with zero attached hydrogens (tertiary/aromatic N) is 1. The maximum absolute atomic E-state index is 6.09. The van der Waals surface area contributed by atoms with Crippen molar-refractivity contribution in [3.63, 3.8) is 0 Å². The van der Waals surface area contributed by atoms with Gasteiger partial charge in [-0.2, -0.15) is 0 Å². The van der Waals surface area contributed by atoms with Crippen molar-refractivity contribution >= 4 is 23.2 Å². The summed E-state index contributed by atoms with van der Waals surface area (Å²) in [5, 5.41) is 4.65. The zero-order valence-electron chi connectivity index (χ0n) is 8.47. The van der Waals surface area contributed by atoms with Gasteiger partial charge >= 0.3 is 0 Å². The van der Waals surface area contributed by atoms with E-state index in [2.05, 4.69) is 10.3 Å². The zero-order valence-corrected chi connectivity index (χ0v) is 9.98. The van der Waals surface area contributed by atoms with Gasteiger partial charge in [0, 0.05) is 6.20 Å². The van der Waals surface area contributed by atoms with Crippen molar-refractivity contribution in [2.24, 2.45) is 5.92 Å². The first-order valence-electron chi connectivity index (χ1n) is 5.26. The minimum Gasteiger partial charge on any atom is -0.317 e. The van der Waals surface area contributed by atoms with E-state index in [0.29, 0.717) is 16.0 Å². The molecule has 1 fully saturated rings. The normalized spacial score (nSPS) is 18.0. The molecule has 0 unspecified atom stereocenters. The van der Waals surface area contributed by atoms with Gasteiger partial charge in [0.05, 0.1) is 15.7 Å². The van der Waals surface area contributed by atoms with Crippen molar-refractivity contribution in [2.75, 3.05) is 13.1 Å². The van der Waals surface area contributed by atoms with Gasteiger partial charge in [-0.1, -0.05) is 23.2 Å². The quantitative estimate of drug-likeness (QED) is 0.866. The lowest BCUT2D eigenvalue weighted by molar-refractivity contribution is 0.370. The first-order valence-corrected chi connectivity index (χ1v) is 6.02. The number of rotatable bonds is 2. The van der Waals surface area contributed by atoms with Crippen molar-refractivity contribution in [1.82, 2.24) is 10.3 Å². The summed E-state index contributed by atoms with van der Waals surface area (Å²) >= 11 is 11.9. The highest BCUT2D eigenvalue weighted by atomic mass is 35.5. The summed E-state index contributed by atoms with van der Waals surface area (Å²) < 4.78 is 0. The Kier molecular flexibility index (Phi) is 3.84. The fraction of sp³-hybridized carbons (Fsp3) is 0.545. The molecule has 15 heavy (non-hydrogen) atoms. The number of hydrogen-bond donors (Lipinski definition) is 1. The molecule has 2 heterocycles. The van der Waals surface area contributed by atoms with Gasteiger partial charge < -0.3 is 5.32 Å². The monoisotopic (exact) mass is 244 g/mol. The van der Waals surface area contributed by atoms with Gasteiger partial charge in [0.2, 0.25) is 0 Å². The lowest BCUT2D eigenvalue weighted by atomic mass is 9.93. The zero-order chi connectivity index (χ0) is 10.7. The summed E-state index contributed by atoms with van der Waals surface area (Å²) in [6.45, 7) is 2.21. The maximum atomic E-state index is 6.09. The number of pyridine rings is 1. The molecule has 4 heteroatoms. The fourth-order valence-corrected chi connectivity index (χ4v) is 2.41. The second kappa shape index (κ2) is 5.15. The molecule has 0 aliphatic carbocycles. The lowest BCUT2D eigenvalue weighted by Crippen LogP contribution is -2.28. The van der Waals surface area contributed by atoms with Crippen LogP contribution in [0.4, 0.5) is 0 Å². The third-order valence-electron chi connectivity index (χ3n) is 2.82. The Labute approximate surface area is 100.0 Å². The standard InChI is InChI=1S/C11H14Cl2N2/c12-9-6-10(13)11(15-7-9)5-8-1-3-14-4-2-8/h6-8,14H,1-5H2. The van der Waals surface area contributed by atoms with Crippen molar-refractivity contribution in [3.8, 4) is 0 Å². The minimum absolute atomic E-state index is 0.606. The Balaban J connectivity index is 2.03. The summed E-state index contributed by atoms with van der Waals surface area (Å²) in [6.07, 6.45) is 5.06. The molecule has 2 nitrogen and oxygen atoms in total. The number of halogens is 2. The molecule has 0 saturated carbocycles. The number of hydrogen-bond acceptors (Lipinski definition) is 2. The molecule has 0 amide bonds. The lowest BCUT2D eigenvalue weighted by Gasteiger charge is -2.22. The van der Waals surface area contributed by atoms with E-state index < -0.39 is 0 Å². The first kappa shape index (κ1) is 11.2.